The smallest absolute Gasteiger partial charge is 0.201 e. The molecule has 32 heavy (non-hydrogen) atoms. The lowest BCUT2D eigenvalue weighted by Crippen LogP contribution is -3.00. The van der Waals surface area contributed by atoms with Crippen LogP contribution in [0.2, 0.25) is 0 Å². The van der Waals surface area contributed by atoms with E-state index in [4.69, 9.17) is 0 Å². The number of benzene rings is 4. The Balaban J connectivity index is 0.00000289. The second-order valence-corrected chi connectivity index (χ2v) is 10.7. The van der Waals surface area contributed by atoms with E-state index in [0.717, 1.165) is 26.9 Å². The number of halogens is 1. The van der Waals surface area contributed by atoms with Gasteiger partial charge in [-0.2, -0.15) is 5.26 Å². The number of allylic oxidation sites excluding steroid dienone is 1. The summed E-state index contributed by atoms with van der Waals surface area (Å²) in [5, 5.41) is 18.0. The maximum atomic E-state index is 10.4. The Bertz CT molecular complexity index is 1100. The maximum absolute atomic E-state index is 10.4. The van der Waals surface area contributed by atoms with Crippen molar-refractivity contribution in [2.75, 3.05) is 5.32 Å². The van der Waals surface area contributed by atoms with Gasteiger partial charge in [-0.1, -0.05) is 72.3 Å². The van der Waals surface area contributed by atoms with Gasteiger partial charge in [0.25, 0.3) is 0 Å². The normalized spacial score (nSPS) is 11.2. The number of rotatable bonds is 6. The molecule has 4 heteroatoms. The van der Waals surface area contributed by atoms with E-state index in [0.29, 0.717) is 0 Å². The van der Waals surface area contributed by atoms with Crippen molar-refractivity contribution in [2.45, 2.75) is 6.92 Å². The van der Waals surface area contributed by atoms with Crippen molar-refractivity contribution >= 4 is 28.9 Å². The van der Waals surface area contributed by atoms with E-state index in [1.807, 2.05) is 36.5 Å². The Morgan fingerprint density at radius 2 is 1.09 bits per heavy atom. The fourth-order valence-electron chi connectivity index (χ4n) is 3.82. The molecule has 0 unspecified atom stereocenters. The number of hydrogen-bond donors (Lipinski definition) is 1. The molecule has 0 radical (unpaired) electrons. The van der Waals surface area contributed by atoms with Gasteiger partial charge in [-0.25, -0.2) is 0 Å². The first kappa shape index (κ1) is 23.7. The zero-order valence-corrected chi connectivity index (χ0v) is 20.9. The third kappa shape index (κ3) is 4.78. The van der Waals surface area contributed by atoms with Gasteiger partial charge >= 0.3 is 0 Å². The van der Waals surface area contributed by atoms with E-state index in [1.54, 1.807) is 0 Å². The second kappa shape index (κ2) is 11.1. The summed E-state index contributed by atoms with van der Waals surface area (Å²) in [4.78, 5) is 0. The van der Waals surface area contributed by atoms with Crippen LogP contribution in [0.4, 0.5) is 5.69 Å². The molecule has 0 saturated heterocycles. The average Bonchev–Trinajstić information content (AvgIpc) is 2.84. The van der Waals surface area contributed by atoms with Crippen molar-refractivity contribution in [3.8, 4) is 6.07 Å². The highest BCUT2D eigenvalue weighted by Gasteiger charge is 2.50. The van der Waals surface area contributed by atoms with Crippen LogP contribution in [0.1, 0.15) is 5.56 Å². The summed E-state index contributed by atoms with van der Waals surface area (Å²) in [6, 6.07) is 42.0. The van der Waals surface area contributed by atoms with Crippen molar-refractivity contribution in [1.29, 1.82) is 5.26 Å². The monoisotopic (exact) mass is 546 g/mol. The molecule has 0 aromatic heterocycles. The lowest BCUT2D eigenvalue weighted by Gasteiger charge is -2.26. The van der Waals surface area contributed by atoms with E-state index < -0.39 is 7.26 Å². The van der Waals surface area contributed by atoms with Crippen molar-refractivity contribution in [3.05, 3.63) is 132 Å². The van der Waals surface area contributed by atoms with Crippen molar-refractivity contribution in [1.82, 2.24) is 0 Å². The predicted octanol–water partition coefficient (Wildman–Crippen LogP) is 2.77. The molecule has 0 bridgehead atoms. The molecule has 0 heterocycles. The zero-order valence-electron chi connectivity index (χ0n) is 17.8. The molecule has 4 aromatic carbocycles. The van der Waals surface area contributed by atoms with Crippen LogP contribution in [0.25, 0.3) is 0 Å². The molecule has 0 aliphatic carbocycles. The molecule has 158 valence electrons. The Hall–Kier alpha value is -2.93. The van der Waals surface area contributed by atoms with Crippen LogP contribution in [0.5, 0.6) is 0 Å². The first-order chi connectivity index (χ1) is 15.2. The lowest BCUT2D eigenvalue weighted by molar-refractivity contribution is -0.00000626. The zero-order chi connectivity index (χ0) is 21.5. The molecule has 0 aliphatic heterocycles. The summed E-state index contributed by atoms with van der Waals surface area (Å²) in [7, 11) is -2.37. The summed E-state index contributed by atoms with van der Waals surface area (Å²) in [6.45, 7) is 2.07. The van der Waals surface area contributed by atoms with Crippen LogP contribution in [0.15, 0.2) is 127 Å². The Morgan fingerprint density at radius 1 is 0.688 bits per heavy atom. The van der Waals surface area contributed by atoms with E-state index in [-0.39, 0.29) is 24.0 Å². The van der Waals surface area contributed by atoms with Gasteiger partial charge in [-0.15, -0.1) is 0 Å². The lowest BCUT2D eigenvalue weighted by atomic mass is 10.2. The van der Waals surface area contributed by atoms with E-state index in [2.05, 4.69) is 103 Å². The van der Waals surface area contributed by atoms with Crippen molar-refractivity contribution in [2.24, 2.45) is 0 Å². The molecule has 4 rings (SSSR count). The first-order valence-electron chi connectivity index (χ1n) is 10.2. The van der Waals surface area contributed by atoms with Crippen LogP contribution >= 0.6 is 7.26 Å². The predicted molar refractivity (Wildman–Crippen MR) is 134 cm³/mol. The third-order valence-corrected chi connectivity index (χ3v) is 9.50. The molecule has 0 fully saturated rings. The summed E-state index contributed by atoms with van der Waals surface area (Å²) in [5.74, 6) is 0. The number of hydrogen-bond acceptors (Lipinski definition) is 2. The largest absolute Gasteiger partial charge is 1.00 e. The number of anilines is 1. The molecule has 0 saturated carbocycles. The van der Waals surface area contributed by atoms with E-state index >= 15 is 0 Å². The van der Waals surface area contributed by atoms with Gasteiger partial charge in [0, 0.05) is 5.69 Å². The van der Waals surface area contributed by atoms with E-state index in [1.165, 1.54) is 5.56 Å². The Labute approximate surface area is 208 Å². The van der Waals surface area contributed by atoms with Crippen molar-refractivity contribution in [3.63, 3.8) is 0 Å². The highest BCUT2D eigenvalue weighted by molar-refractivity contribution is 7.99. The van der Waals surface area contributed by atoms with Gasteiger partial charge < -0.3 is 29.3 Å². The van der Waals surface area contributed by atoms with Crippen LogP contribution in [-0.4, -0.2) is 0 Å². The van der Waals surface area contributed by atoms with Gasteiger partial charge in [0.15, 0.2) is 7.26 Å². The van der Waals surface area contributed by atoms with Gasteiger partial charge in [0.05, 0.1) is 6.20 Å². The van der Waals surface area contributed by atoms with Crippen LogP contribution in [-0.2, 0) is 0 Å². The molecule has 1 N–H and O–H groups in total. The molecule has 0 amide bonds. The topological polar surface area (TPSA) is 35.8 Å². The first-order valence-corrected chi connectivity index (χ1v) is 12.0. The number of nitriles is 1. The summed E-state index contributed by atoms with van der Waals surface area (Å²) < 4.78 is 0. The second-order valence-electron chi connectivity index (χ2n) is 7.33. The van der Waals surface area contributed by atoms with Gasteiger partial charge in [0.1, 0.15) is 22.0 Å². The van der Waals surface area contributed by atoms with Crippen molar-refractivity contribution < 1.29 is 24.0 Å². The van der Waals surface area contributed by atoms with Crippen LogP contribution < -0.4 is 45.2 Å². The number of nitrogens with one attached hydrogen (secondary N) is 1. The number of nitrogens with zero attached hydrogens (tertiary/aromatic N) is 1. The minimum Gasteiger partial charge on any atom is -1.00 e. The molecular weight excluding hydrogens is 522 g/mol. The maximum Gasteiger partial charge on any atom is 0.201 e. The Morgan fingerprint density at radius 3 is 1.47 bits per heavy atom. The fourth-order valence-corrected chi connectivity index (χ4v) is 7.82. The minimum atomic E-state index is -2.37. The highest BCUT2D eigenvalue weighted by Crippen LogP contribution is 2.62. The fraction of sp³-hybridized carbons (Fsp3) is 0.0357. The standard InChI is InChI=1S/C28H24N2P.HI/c1-23-17-19-24(20-18-23)30-22-28(21-29)31(25-11-5-2-6-12-25,26-13-7-3-8-14-26)27-15-9-4-10-16-27;/h2-20,22,30H,1H3;1H/q+1;/p-1/b28-22+;. The molecule has 0 atom stereocenters. The summed E-state index contributed by atoms with van der Waals surface area (Å²) >= 11 is 0. The Kier molecular flexibility index (Phi) is 8.22. The molecule has 0 spiro atoms. The van der Waals surface area contributed by atoms with Crippen LogP contribution in [0.3, 0.4) is 0 Å². The van der Waals surface area contributed by atoms with E-state index in [9.17, 15) is 5.26 Å². The van der Waals surface area contributed by atoms with Gasteiger partial charge in [-0.05, 0) is 55.5 Å². The average molecular weight is 546 g/mol. The molecular formula is C28H24IN2P. The van der Waals surface area contributed by atoms with Gasteiger partial charge in [-0.3, -0.25) is 0 Å². The summed E-state index contributed by atoms with van der Waals surface area (Å²) in [6.07, 6.45) is 1.89. The highest BCUT2D eigenvalue weighted by atomic mass is 127. The van der Waals surface area contributed by atoms with Gasteiger partial charge in [0.2, 0.25) is 5.31 Å². The third-order valence-electron chi connectivity index (χ3n) is 5.33. The molecule has 4 aromatic rings. The quantitative estimate of drug-likeness (QED) is 0.230. The number of aryl methyl sites for hydroxylation is 1. The molecule has 0 aliphatic rings. The van der Waals surface area contributed by atoms with Crippen LogP contribution in [0, 0.1) is 18.3 Å². The summed E-state index contributed by atoms with van der Waals surface area (Å²) in [5.41, 5.74) is 2.17. The minimum absolute atomic E-state index is 0. The SMILES string of the molecule is Cc1ccc(N/C=C(\C#N)[P+](c2ccccc2)(c2ccccc2)c2ccccc2)cc1.[I-]. The molecule has 2 nitrogen and oxygen atoms in total.